The second-order valence-electron chi connectivity index (χ2n) is 3.74. The van der Waals surface area contributed by atoms with Crippen LogP contribution < -0.4 is 0 Å². The molecule has 0 aliphatic rings. The normalized spacial score (nSPS) is 11.8. The van der Waals surface area contributed by atoms with Crippen molar-refractivity contribution in [3.05, 3.63) is 53.2 Å². The van der Waals surface area contributed by atoms with E-state index in [1.54, 1.807) is 19.2 Å². The lowest BCUT2D eigenvalue weighted by Crippen LogP contribution is -2.05. The maximum Gasteiger partial charge on any atom is 0.416 e. The molecule has 0 atom stereocenters. The largest absolute Gasteiger partial charge is 0.446 e. The average molecular weight is 241 g/mol. The molecule has 90 valence electrons. The molecule has 0 aliphatic heterocycles. The minimum atomic E-state index is -4.32. The molecule has 17 heavy (non-hydrogen) atoms. The summed E-state index contributed by atoms with van der Waals surface area (Å²) in [6, 6.07) is 5.16. The Labute approximate surface area is 96.1 Å². The summed E-state index contributed by atoms with van der Waals surface area (Å²) < 4.78 is 42.6. The molecule has 1 aromatic heterocycles. The first-order valence-electron chi connectivity index (χ1n) is 5.02. The van der Waals surface area contributed by atoms with E-state index in [0.29, 0.717) is 17.2 Å². The highest BCUT2D eigenvalue weighted by Crippen LogP contribution is 2.29. The van der Waals surface area contributed by atoms with Crippen molar-refractivity contribution < 1.29 is 17.6 Å². The van der Waals surface area contributed by atoms with Gasteiger partial charge in [-0.2, -0.15) is 13.2 Å². The van der Waals surface area contributed by atoms with Crippen molar-refractivity contribution in [2.45, 2.75) is 19.5 Å². The molecular weight excluding hydrogens is 231 g/mol. The molecule has 0 spiro atoms. The van der Waals surface area contributed by atoms with E-state index in [9.17, 15) is 13.2 Å². The second-order valence-corrected chi connectivity index (χ2v) is 3.74. The third-order valence-corrected chi connectivity index (χ3v) is 2.28. The van der Waals surface area contributed by atoms with Gasteiger partial charge in [-0.05, 0) is 18.6 Å². The van der Waals surface area contributed by atoms with Gasteiger partial charge >= 0.3 is 6.18 Å². The van der Waals surface area contributed by atoms with Crippen LogP contribution in [0.15, 0.2) is 34.9 Å². The zero-order chi connectivity index (χ0) is 12.5. The molecule has 0 aliphatic carbocycles. The van der Waals surface area contributed by atoms with E-state index in [1.807, 2.05) is 0 Å². The Morgan fingerprint density at radius 2 is 2.06 bits per heavy atom. The van der Waals surface area contributed by atoms with Crippen molar-refractivity contribution >= 4 is 0 Å². The van der Waals surface area contributed by atoms with Crippen molar-refractivity contribution in [3.8, 4) is 0 Å². The number of hydrogen-bond acceptors (Lipinski definition) is 2. The quantitative estimate of drug-likeness (QED) is 0.803. The molecule has 0 saturated heterocycles. The van der Waals surface area contributed by atoms with Crippen LogP contribution in [0.4, 0.5) is 13.2 Å². The van der Waals surface area contributed by atoms with Gasteiger partial charge in [-0.1, -0.05) is 18.2 Å². The number of aromatic nitrogens is 1. The second kappa shape index (κ2) is 4.24. The lowest BCUT2D eigenvalue weighted by Gasteiger charge is -2.07. The highest BCUT2D eigenvalue weighted by Gasteiger charge is 2.30. The molecule has 2 aromatic rings. The number of hydrogen-bond donors (Lipinski definition) is 0. The van der Waals surface area contributed by atoms with Gasteiger partial charge in [0.15, 0.2) is 5.89 Å². The Bertz CT molecular complexity index is 516. The van der Waals surface area contributed by atoms with Crippen LogP contribution in [0.5, 0.6) is 0 Å². The van der Waals surface area contributed by atoms with Crippen LogP contribution in [0.3, 0.4) is 0 Å². The molecule has 0 saturated carbocycles. The summed E-state index contributed by atoms with van der Waals surface area (Å²) in [5, 5.41) is 0. The molecule has 5 heteroatoms. The van der Waals surface area contributed by atoms with Gasteiger partial charge in [0.05, 0.1) is 11.8 Å². The Balaban J connectivity index is 2.22. The van der Waals surface area contributed by atoms with Crippen LogP contribution in [-0.2, 0) is 12.6 Å². The highest BCUT2D eigenvalue weighted by atomic mass is 19.4. The standard InChI is InChI=1S/C12H10F3NO/c1-8-7-16-11(17-8)6-9-3-2-4-10(5-9)12(13,14)15/h2-5,7H,6H2,1H3. The van der Waals surface area contributed by atoms with Gasteiger partial charge in [-0.15, -0.1) is 0 Å². The Morgan fingerprint density at radius 1 is 1.29 bits per heavy atom. The van der Waals surface area contributed by atoms with E-state index in [0.717, 1.165) is 12.1 Å². The lowest BCUT2D eigenvalue weighted by molar-refractivity contribution is -0.137. The number of nitrogens with zero attached hydrogens (tertiary/aromatic N) is 1. The topological polar surface area (TPSA) is 26.0 Å². The van der Waals surface area contributed by atoms with Gasteiger partial charge in [-0.3, -0.25) is 0 Å². The summed E-state index contributed by atoms with van der Waals surface area (Å²) in [6.07, 6.45) is -2.51. The molecule has 1 aromatic carbocycles. The molecule has 0 N–H and O–H groups in total. The molecule has 2 rings (SSSR count). The highest BCUT2D eigenvalue weighted by molar-refractivity contribution is 5.27. The molecule has 2 nitrogen and oxygen atoms in total. The minimum absolute atomic E-state index is 0.262. The van der Waals surface area contributed by atoms with Crippen molar-refractivity contribution in [1.29, 1.82) is 0 Å². The van der Waals surface area contributed by atoms with Crippen molar-refractivity contribution in [2.24, 2.45) is 0 Å². The number of halogens is 3. The first kappa shape index (κ1) is 11.7. The monoisotopic (exact) mass is 241 g/mol. The summed E-state index contributed by atoms with van der Waals surface area (Å²) in [5.74, 6) is 1.06. The number of aryl methyl sites for hydroxylation is 1. The van der Waals surface area contributed by atoms with E-state index in [1.165, 1.54) is 6.07 Å². The molecule has 0 bridgehead atoms. The van der Waals surface area contributed by atoms with Crippen LogP contribution in [-0.4, -0.2) is 4.98 Å². The summed E-state index contributed by atoms with van der Waals surface area (Å²) in [5.41, 5.74) is -0.125. The van der Waals surface area contributed by atoms with Crippen LogP contribution in [0.2, 0.25) is 0 Å². The fourth-order valence-corrected chi connectivity index (χ4v) is 1.52. The van der Waals surface area contributed by atoms with Gasteiger partial charge in [-0.25, -0.2) is 4.98 Å². The number of rotatable bonds is 2. The van der Waals surface area contributed by atoms with Crippen LogP contribution in [0.25, 0.3) is 0 Å². The first-order chi connectivity index (χ1) is 7.95. The first-order valence-corrected chi connectivity index (χ1v) is 5.02. The third kappa shape index (κ3) is 2.87. The number of benzene rings is 1. The van der Waals surface area contributed by atoms with E-state index in [-0.39, 0.29) is 6.42 Å². The van der Waals surface area contributed by atoms with E-state index >= 15 is 0 Å². The van der Waals surface area contributed by atoms with Crippen molar-refractivity contribution in [1.82, 2.24) is 4.98 Å². The molecule has 0 fully saturated rings. The predicted octanol–water partition coefficient (Wildman–Crippen LogP) is 3.59. The summed E-state index contributed by atoms with van der Waals surface area (Å²) in [6.45, 7) is 1.74. The van der Waals surface area contributed by atoms with Gasteiger partial charge < -0.3 is 4.42 Å². The van der Waals surface area contributed by atoms with Gasteiger partial charge in [0.1, 0.15) is 5.76 Å². The van der Waals surface area contributed by atoms with Crippen molar-refractivity contribution in [2.75, 3.05) is 0 Å². The van der Waals surface area contributed by atoms with Gasteiger partial charge in [0.25, 0.3) is 0 Å². The maximum atomic E-state index is 12.5. The van der Waals surface area contributed by atoms with Crippen LogP contribution in [0.1, 0.15) is 22.8 Å². The zero-order valence-corrected chi connectivity index (χ0v) is 9.08. The molecule has 0 radical (unpaired) electrons. The summed E-state index contributed by atoms with van der Waals surface area (Å²) in [7, 11) is 0. The van der Waals surface area contributed by atoms with Gasteiger partial charge in [0, 0.05) is 6.42 Å². The van der Waals surface area contributed by atoms with Crippen molar-refractivity contribution in [3.63, 3.8) is 0 Å². The average Bonchev–Trinajstić information content (AvgIpc) is 2.63. The zero-order valence-electron chi connectivity index (χ0n) is 9.08. The Kier molecular flexibility index (Phi) is 2.92. The fraction of sp³-hybridized carbons (Fsp3) is 0.250. The number of alkyl halides is 3. The van der Waals surface area contributed by atoms with E-state index in [2.05, 4.69) is 4.98 Å². The number of oxazole rings is 1. The van der Waals surface area contributed by atoms with E-state index < -0.39 is 11.7 Å². The lowest BCUT2D eigenvalue weighted by atomic mass is 10.1. The Hall–Kier alpha value is -1.78. The molecule has 1 heterocycles. The van der Waals surface area contributed by atoms with E-state index in [4.69, 9.17) is 4.42 Å². The minimum Gasteiger partial charge on any atom is -0.446 e. The smallest absolute Gasteiger partial charge is 0.416 e. The van der Waals surface area contributed by atoms with Crippen LogP contribution in [0, 0.1) is 6.92 Å². The maximum absolute atomic E-state index is 12.5. The third-order valence-electron chi connectivity index (χ3n) is 2.28. The van der Waals surface area contributed by atoms with Gasteiger partial charge in [0.2, 0.25) is 0 Å². The Morgan fingerprint density at radius 3 is 2.65 bits per heavy atom. The van der Waals surface area contributed by atoms with Crippen LogP contribution >= 0.6 is 0 Å². The molecule has 0 unspecified atom stereocenters. The fourth-order valence-electron chi connectivity index (χ4n) is 1.52. The SMILES string of the molecule is Cc1cnc(Cc2cccc(C(F)(F)F)c2)o1. The summed E-state index contributed by atoms with van der Waals surface area (Å²) in [4.78, 5) is 3.95. The summed E-state index contributed by atoms with van der Waals surface area (Å²) >= 11 is 0. The predicted molar refractivity (Wildman–Crippen MR) is 55.5 cm³/mol. The molecule has 0 amide bonds. The molecular formula is C12H10F3NO.